The van der Waals surface area contributed by atoms with Gasteiger partial charge in [-0.25, -0.2) is 12.8 Å². The summed E-state index contributed by atoms with van der Waals surface area (Å²) in [5, 5.41) is 13.3. The first-order chi connectivity index (χ1) is 15.2. The topological polar surface area (TPSA) is 88.7 Å². The first-order valence-electron chi connectivity index (χ1n) is 9.82. The van der Waals surface area contributed by atoms with Gasteiger partial charge in [-0.1, -0.05) is 41.9 Å². The number of oxime groups is 1. The molecule has 3 aromatic rings. The lowest BCUT2D eigenvalue weighted by Crippen LogP contribution is -2.18. The van der Waals surface area contributed by atoms with E-state index in [1.54, 1.807) is 38.2 Å². The molecule has 32 heavy (non-hydrogen) atoms. The summed E-state index contributed by atoms with van der Waals surface area (Å²) >= 11 is 5.91. The van der Waals surface area contributed by atoms with E-state index >= 15 is 0 Å². The van der Waals surface area contributed by atoms with Gasteiger partial charge in [0.05, 0.1) is 16.4 Å². The molecule has 3 rings (SSSR count). The monoisotopic (exact) mass is 476 g/mol. The number of hydrogen-bond donors (Lipinski definition) is 1. The highest BCUT2D eigenvalue weighted by atomic mass is 35.5. The smallest absolute Gasteiger partial charge is 0.250 e. The van der Waals surface area contributed by atoms with Crippen LogP contribution in [0, 0.1) is 5.82 Å². The van der Waals surface area contributed by atoms with Crippen LogP contribution in [0.2, 0.25) is 5.02 Å². The number of aryl methyl sites for hydroxylation is 1. The molecule has 0 spiro atoms. The highest BCUT2D eigenvalue weighted by Crippen LogP contribution is 2.33. The Labute approximate surface area is 190 Å². The molecule has 0 aliphatic heterocycles. The zero-order valence-electron chi connectivity index (χ0n) is 17.5. The van der Waals surface area contributed by atoms with E-state index in [9.17, 15) is 22.8 Å². The van der Waals surface area contributed by atoms with Gasteiger partial charge in [0.15, 0.2) is 9.84 Å². The predicted octanol–water partition coefficient (Wildman–Crippen LogP) is 4.37. The number of sulfone groups is 1. The maximum atomic E-state index is 14.9. The summed E-state index contributed by atoms with van der Waals surface area (Å²) in [4.78, 5) is 11.9. The van der Waals surface area contributed by atoms with Crippen LogP contribution < -0.4 is 5.56 Å². The standard InChI is InChI=1S/C23H22ClFN2O4S/c1-3-32(30,31)18-8-4-15(5-9-18)20(19-10-7-17(24)12-21(19)25)13-22(26-29)16-6-11-23(28)27(2)14-16/h4-12,14,20,29H,3,13H2,1-2H3/b26-22-. The number of nitrogens with zero attached hydrogens (tertiary/aromatic N) is 2. The molecule has 0 saturated carbocycles. The number of pyridine rings is 1. The maximum absolute atomic E-state index is 14.9. The van der Waals surface area contributed by atoms with Crippen molar-refractivity contribution < 1.29 is 18.0 Å². The SMILES string of the molecule is CCS(=O)(=O)c1ccc(C(C/C(=N/O)c2ccc(=O)n(C)c2)c2ccc(Cl)cc2F)cc1. The Hall–Kier alpha value is -2.97. The van der Waals surface area contributed by atoms with Gasteiger partial charge in [0.25, 0.3) is 0 Å². The Morgan fingerprint density at radius 1 is 1.16 bits per heavy atom. The second kappa shape index (κ2) is 9.67. The molecular formula is C23H22ClFN2O4S. The third-order valence-corrected chi connectivity index (χ3v) is 7.28. The molecule has 0 amide bonds. The van der Waals surface area contributed by atoms with Crippen LogP contribution in [-0.4, -0.2) is 29.7 Å². The van der Waals surface area contributed by atoms with E-state index in [1.165, 1.54) is 41.1 Å². The number of hydrogen-bond acceptors (Lipinski definition) is 5. The molecule has 0 radical (unpaired) electrons. The van der Waals surface area contributed by atoms with Crippen molar-refractivity contribution in [2.45, 2.75) is 24.2 Å². The third-order valence-electron chi connectivity index (χ3n) is 5.30. The first-order valence-corrected chi connectivity index (χ1v) is 11.8. The van der Waals surface area contributed by atoms with Gasteiger partial charge in [0.2, 0.25) is 5.56 Å². The minimum atomic E-state index is -3.39. The number of rotatable bonds is 7. The van der Waals surface area contributed by atoms with Gasteiger partial charge in [0.1, 0.15) is 5.82 Å². The van der Waals surface area contributed by atoms with Crippen LogP contribution in [-0.2, 0) is 16.9 Å². The second-order valence-corrected chi connectivity index (χ2v) is 10.0. The zero-order chi connectivity index (χ0) is 23.5. The highest BCUT2D eigenvalue weighted by molar-refractivity contribution is 7.91. The summed E-state index contributed by atoms with van der Waals surface area (Å²) < 4.78 is 40.5. The minimum absolute atomic E-state index is 0.0321. The van der Waals surface area contributed by atoms with Crippen molar-refractivity contribution in [2.75, 3.05) is 5.75 Å². The normalized spacial score (nSPS) is 13.2. The van der Waals surface area contributed by atoms with E-state index in [0.29, 0.717) is 16.7 Å². The van der Waals surface area contributed by atoms with Crippen molar-refractivity contribution in [3.8, 4) is 0 Å². The van der Waals surface area contributed by atoms with Gasteiger partial charge in [-0.05, 0) is 41.5 Å². The van der Waals surface area contributed by atoms with Gasteiger partial charge >= 0.3 is 0 Å². The van der Waals surface area contributed by atoms with Crippen LogP contribution in [0.3, 0.4) is 0 Å². The Kier molecular flexibility index (Phi) is 7.16. The van der Waals surface area contributed by atoms with E-state index < -0.39 is 21.6 Å². The van der Waals surface area contributed by atoms with Crippen LogP contribution >= 0.6 is 11.6 Å². The molecule has 1 N–H and O–H groups in total. The first kappa shape index (κ1) is 23.7. The Morgan fingerprint density at radius 3 is 2.41 bits per heavy atom. The summed E-state index contributed by atoms with van der Waals surface area (Å²) in [7, 11) is -1.81. The van der Waals surface area contributed by atoms with E-state index in [0.717, 1.165) is 0 Å². The summed E-state index contributed by atoms with van der Waals surface area (Å²) in [6.07, 6.45) is 1.62. The number of aromatic nitrogens is 1. The average Bonchev–Trinajstić information content (AvgIpc) is 2.77. The molecule has 2 aromatic carbocycles. The van der Waals surface area contributed by atoms with E-state index in [1.807, 2.05) is 0 Å². The summed E-state index contributed by atoms with van der Waals surface area (Å²) in [6.45, 7) is 1.56. The van der Waals surface area contributed by atoms with E-state index in [-0.39, 0.29) is 33.4 Å². The molecule has 0 fully saturated rings. The lowest BCUT2D eigenvalue weighted by atomic mass is 9.85. The molecule has 0 bridgehead atoms. The van der Waals surface area contributed by atoms with Crippen LogP contribution in [0.5, 0.6) is 0 Å². The van der Waals surface area contributed by atoms with Crippen molar-refractivity contribution in [3.05, 3.63) is 98.7 Å². The van der Waals surface area contributed by atoms with Crippen molar-refractivity contribution in [1.82, 2.24) is 4.57 Å². The fourth-order valence-electron chi connectivity index (χ4n) is 3.44. The molecule has 1 aromatic heterocycles. The average molecular weight is 477 g/mol. The van der Waals surface area contributed by atoms with Crippen molar-refractivity contribution in [3.63, 3.8) is 0 Å². The Balaban J connectivity index is 2.08. The van der Waals surface area contributed by atoms with Crippen LogP contribution in [0.15, 0.2) is 75.6 Å². The van der Waals surface area contributed by atoms with Crippen LogP contribution in [0.4, 0.5) is 4.39 Å². The second-order valence-electron chi connectivity index (χ2n) is 7.31. The largest absolute Gasteiger partial charge is 0.411 e. The molecule has 1 heterocycles. The van der Waals surface area contributed by atoms with E-state index in [2.05, 4.69) is 5.16 Å². The van der Waals surface area contributed by atoms with Gasteiger partial charge in [-0.2, -0.15) is 0 Å². The van der Waals surface area contributed by atoms with Crippen molar-refractivity contribution >= 4 is 27.1 Å². The van der Waals surface area contributed by atoms with Crippen molar-refractivity contribution in [2.24, 2.45) is 12.2 Å². The Bertz CT molecular complexity index is 1320. The molecule has 0 saturated heterocycles. The molecule has 9 heteroatoms. The predicted molar refractivity (Wildman–Crippen MR) is 122 cm³/mol. The maximum Gasteiger partial charge on any atom is 0.250 e. The van der Waals surface area contributed by atoms with Gasteiger partial charge < -0.3 is 9.77 Å². The Morgan fingerprint density at radius 2 is 1.84 bits per heavy atom. The third kappa shape index (κ3) is 5.08. The summed E-state index contributed by atoms with van der Waals surface area (Å²) in [5.41, 5.74) is 1.46. The highest BCUT2D eigenvalue weighted by Gasteiger charge is 2.23. The fourth-order valence-corrected chi connectivity index (χ4v) is 4.48. The molecule has 1 atom stereocenters. The fraction of sp³-hybridized carbons (Fsp3) is 0.217. The lowest BCUT2D eigenvalue weighted by Gasteiger charge is -2.20. The number of benzene rings is 2. The summed E-state index contributed by atoms with van der Waals surface area (Å²) in [5.74, 6) is -1.17. The zero-order valence-corrected chi connectivity index (χ0v) is 19.1. The molecular weight excluding hydrogens is 455 g/mol. The molecule has 6 nitrogen and oxygen atoms in total. The molecule has 0 aliphatic carbocycles. The lowest BCUT2D eigenvalue weighted by molar-refractivity contribution is 0.317. The van der Waals surface area contributed by atoms with E-state index in [4.69, 9.17) is 11.6 Å². The summed E-state index contributed by atoms with van der Waals surface area (Å²) in [6, 6.07) is 13.4. The van der Waals surface area contributed by atoms with Crippen LogP contribution in [0.1, 0.15) is 36.0 Å². The van der Waals surface area contributed by atoms with Gasteiger partial charge in [-0.3, -0.25) is 4.79 Å². The van der Waals surface area contributed by atoms with Crippen LogP contribution in [0.25, 0.3) is 0 Å². The molecule has 168 valence electrons. The minimum Gasteiger partial charge on any atom is -0.411 e. The molecule has 1 unspecified atom stereocenters. The molecule has 0 aliphatic rings. The van der Waals surface area contributed by atoms with Crippen molar-refractivity contribution in [1.29, 1.82) is 0 Å². The number of halogens is 2. The quantitative estimate of drug-likeness (QED) is 0.311. The van der Waals surface area contributed by atoms with Gasteiger partial charge in [0, 0.05) is 42.2 Å². The van der Waals surface area contributed by atoms with Gasteiger partial charge in [-0.15, -0.1) is 0 Å².